The van der Waals surface area contributed by atoms with Crippen molar-refractivity contribution < 1.29 is 37.3 Å². The first-order chi connectivity index (χ1) is 20.6. The van der Waals surface area contributed by atoms with Crippen LogP contribution >= 0.6 is 0 Å². The van der Waals surface area contributed by atoms with E-state index in [9.17, 15) is 19.1 Å². The summed E-state index contributed by atoms with van der Waals surface area (Å²) in [6, 6.07) is 14.8. The van der Waals surface area contributed by atoms with Crippen molar-refractivity contribution in [1.29, 1.82) is 0 Å². The summed E-state index contributed by atoms with van der Waals surface area (Å²) < 4.78 is 57.5. The number of pyridine rings is 1. The van der Waals surface area contributed by atoms with Crippen LogP contribution in [0.1, 0.15) is 37.7 Å². The van der Waals surface area contributed by atoms with Gasteiger partial charge in [-0.1, -0.05) is 12.1 Å². The van der Waals surface area contributed by atoms with Crippen molar-refractivity contribution in [2.45, 2.75) is 19.6 Å². The van der Waals surface area contributed by atoms with Gasteiger partial charge < -0.3 is 24.9 Å². The van der Waals surface area contributed by atoms with Crippen LogP contribution in [-0.2, 0) is 24.3 Å². The van der Waals surface area contributed by atoms with E-state index in [1.165, 1.54) is 43.5 Å². The largest absolute Gasteiger partial charge is 0.478 e. The second kappa shape index (κ2) is 12.3. The zero-order valence-corrected chi connectivity index (χ0v) is 22.8. The molecule has 0 aliphatic carbocycles. The Morgan fingerprint density at radius 1 is 0.907 bits per heavy atom. The smallest absolute Gasteiger partial charge is 0.335 e. The number of methoxy groups -OCH3 is 1. The standard InChI is InChI=1S/C31H25F3N4O5/c1-42-10-9-38-27-13-18(31(40)41)7-8-26(27)36-28(38)14-20-12-24(34)21(15-23(20)33)25-3-2-4-29(37-25)43-16-19-6-5-17(30(35)39)11-22(19)32/h2-8,11-13,15H,9-10,14,16H2,1H3,(H2,35,39)(H,40,41). The van der Waals surface area contributed by atoms with Crippen LogP contribution in [0.3, 0.4) is 0 Å². The number of aromatic carboxylic acids is 1. The van der Waals surface area contributed by atoms with Gasteiger partial charge in [0.1, 0.15) is 29.9 Å². The lowest BCUT2D eigenvalue weighted by Crippen LogP contribution is -2.12. The van der Waals surface area contributed by atoms with Gasteiger partial charge in [0.25, 0.3) is 0 Å². The summed E-state index contributed by atoms with van der Waals surface area (Å²) in [5.74, 6) is -3.52. The van der Waals surface area contributed by atoms with E-state index >= 15 is 8.78 Å². The number of carbonyl (C=O) groups is 2. The maximum Gasteiger partial charge on any atom is 0.335 e. The van der Waals surface area contributed by atoms with Gasteiger partial charge in [-0.25, -0.2) is 27.9 Å². The number of nitrogens with two attached hydrogens (primary N) is 1. The fourth-order valence-electron chi connectivity index (χ4n) is 4.58. The molecule has 5 aromatic rings. The summed E-state index contributed by atoms with van der Waals surface area (Å²) in [6.45, 7) is 0.388. The second-order valence-electron chi connectivity index (χ2n) is 9.60. The van der Waals surface area contributed by atoms with Crippen LogP contribution in [0, 0.1) is 17.5 Å². The molecule has 1 amide bonds. The van der Waals surface area contributed by atoms with E-state index in [0.29, 0.717) is 30.0 Å². The van der Waals surface area contributed by atoms with Crippen molar-refractivity contribution in [3.05, 3.63) is 112 Å². The van der Waals surface area contributed by atoms with Crippen molar-refractivity contribution in [2.75, 3.05) is 13.7 Å². The topological polar surface area (TPSA) is 130 Å². The van der Waals surface area contributed by atoms with Gasteiger partial charge in [-0.2, -0.15) is 0 Å². The SMILES string of the molecule is COCCn1c(Cc2cc(F)c(-c3cccc(OCc4ccc(C(N)=O)cc4F)n3)cc2F)nc2ccc(C(=O)O)cc21. The minimum absolute atomic E-state index is 0.0156. The van der Waals surface area contributed by atoms with E-state index in [1.807, 2.05) is 0 Å². The van der Waals surface area contributed by atoms with Gasteiger partial charge in [-0.3, -0.25) is 4.79 Å². The number of nitrogens with zero attached hydrogens (tertiary/aromatic N) is 3. The number of imidazole rings is 1. The number of primary amides is 1. The predicted molar refractivity (Wildman–Crippen MR) is 150 cm³/mol. The highest BCUT2D eigenvalue weighted by Gasteiger charge is 2.19. The van der Waals surface area contributed by atoms with Gasteiger partial charge in [-0.15, -0.1) is 0 Å². The quantitative estimate of drug-likeness (QED) is 0.218. The van der Waals surface area contributed by atoms with E-state index in [1.54, 1.807) is 16.7 Å². The minimum atomic E-state index is -1.10. The Hall–Kier alpha value is -5.23. The average Bonchev–Trinajstić information content (AvgIpc) is 3.33. The van der Waals surface area contributed by atoms with Gasteiger partial charge >= 0.3 is 5.97 Å². The summed E-state index contributed by atoms with van der Waals surface area (Å²) in [5, 5.41) is 9.39. The minimum Gasteiger partial charge on any atom is -0.478 e. The molecule has 2 aromatic heterocycles. The maximum absolute atomic E-state index is 15.4. The third-order valence-electron chi connectivity index (χ3n) is 6.79. The molecule has 5 rings (SSSR count). The predicted octanol–water partition coefficient (Wildman–Crippen LogP) is 5.13. The van der Waals surface area contributed by atoms with Crippen molar-refractivity contribution in [3.63, 3.8) is 0 Å². The Kier molecular flexibility index (Phi) is 8.39. The van der Waals surface area contributed by atoms with Crippen LogP contribution in [0.5, 0.6) is 5.88 Å². The molecule has 0 atom stereocenters. The molecule has 0 saturated carbocycles. The lowest BCUT2D eigenvalue weighted by molar-refractivity contribution is 0.0696. The normalized spacial score (nSPS) is 11.2. The number of carbonyl (C=O) groups excluding carboxylic acids is 1. The van der Waals surface area contributed by atoms with Gasteiger partial charge in [0.05, 0.1) is 28.9 Å². The van der Waals surface area contributed by atoms with Crippen LogP contribution in [0.4, 0.5) is 13.2 Å². The first kappa shape index (κ1) is 29.3. The number of amides is 1. The Morgan fingerprint density at radius 3 is 2.40 bits per heavy atom. The maximum atomic E-state index is 15.4. The van der Waals surface area contributed by atoms with Crippen molar-refractivity contribution in [3.8, 4) is 17.1 Å². The molecule has 0 fully saturated rings. The summed E-state index contributed by atoms with van der Waals surface area (Å²) in [7, 11) is 1.52. The third-order valence-corrected chi connectivity index (χ3v) is 6.79. The fourth-order valence-corrected chi connectivity index (χ4v) is 4.58. The number of benzene rings is 3. The molecule has 0 bridgehead atoms. The lowest BCUT2D eigenvalue weighted by atomic mass is 10.0. The van der Waals surface area contributed by atoms with Crippen LogP contribution < -0.4 is 10.5 Å². The highest BCUT2D eigenvalue weighted by molar-refractivity contribution is 5.93. The number of aromatic nitrogens is 3. The van der Waals surface area contributed by atoms with E-state index in [-0.39, 0.29) is 52.4 Å². The molecule has 9 nitrogen and oxygen atoms in total. The molecule has 3 aromatic carbocycles. The Labute approximate surface area is 243 Å². The third kappa shape index (κ3) is 6.33. The van der Waals surface area contributed by atoms with Crippen molar-refractivity contribution in [1.82, 2.24) is 14.5 Å². The molecule has 0 radical (unpaired) electrons. The molecule has 0 aliphatic rings. The van der Waals surface area contributed by atoms with Crippen molar-refractivity contribution >= 4 is 22.9 Å². The fraction of sp³-hybridized carbons (Fsp3) is 0.161. The number of carboxylic acid groups (broad SMARTS) is 1. The van der Waals surface area contributed by atoms with Crippen LogP contribution in [-0.4, -0.2) is 45.2 Å². The molecule has 3 N–H and O–H groups in total. The van der Waals surface area contributed by atoms with Crippen molar-refractivity contribution in [2.24, 2.45) is 5.73 Å². The van der Waals surface area contributed by atoms with E-state index in [2.05, 4.69) is 9.97 Å². The monoisotopic (exact) mass is 590 g/mol. The molecular weight excluding hydrogens is 565 g/mol. The molecule has 12 heteroatoms. The summed E-state index contributed by atoms with van der Waals surface area (Å²) in [6.07, 6.45) is -0.0689. The highest BCUT2D eigenvalue weighted by Crippen LogP contribution is 2.28. The lowest BCUT2D eigenvalue weighted by Gasteiger charge is -2.12. The van der Waals surface area contributed by atoms with Gasteiger partial charge in [-0.05, 0) is 54.1 Å². The Morgan fingerprint density at radius 2 is 1.67 bits per heavy atom. The summed E-state index contributed by atoms with van der Waals surface area (Å²) in [4.78, 5) is 31.5. The average molecular weight is 591 g/mol. The van der Waals surface area contributed by atoms with Gasteiger partial charge in [0.2, 0.25) is 11.8 Å². The number of ether oxygens (including phenoxy) is 2. The van der Waals surface area contributed by atoms with Crippen LogP contribution in [0.2, 0.25) is 0 Å². The molecule has 220 valence electrons. The Bertz CT molecular complexity index is 1860. The number of hydrogen-bond acceptors (Lipinski definition) is 6. The number of hydrogen-bond donors (Lipinski definition) is 2. The first-order valence-electron chi connectivity index (χ1n) is 13.0. The summed E-state index contributed by atoms with van der Waals surface area (Å²) >= 11 is 0. The molecular formula is C31H25F3N4O5. The molecule has 0 saturated heterocycles. The molecule has 0 spiro atoms. The van der Waals surface area contributed by atoms with Gasteiger partial charge in [0, 0.05) is 42.8 Å². The Balaban J connectivity index is 1.39. The highest BCUT2D eigenvalue weighted by atomic mass is 19.1. The van der Waals surface area contributed by atoms with Crippen LogP contribution in [0.15, 0.2) is 66.7 Å². The molecule has 0 unspecified atom stereocenters. The van der Waals surface area contributed by atoms with E-state index < -0.39 is 29.3 Å². The first-order valence-corrected chi connectivity index (χ1v) is 13.0. The number of fused-ring (bicyclic) bond motifs is 1. The molecule has 2 heterocycles. The summed E-state index contributed by atoms with van der Waals surface area (Å²) in [5.41, 5.74) is 6.47. The second-order valence-corrected chi connectivity index (χ2v) is 9.60. The van der Waals surface area contributed by atoms with E-state index in [0.717, 1.165) is 18.2 Å². The number of carboxylic acids is 1. The van der Waals surface area contributed by atoms with Crippen LogP contribution in [0.25, 0.3) is 22.3 Å². The van der Waals surface area contributed by atoms with Gasteiger partial charge in [0.15, 0.2) is 0 Å². The molecule has 43 heavy (non-hydrogen) atoms. The zero-order chi connectivity index (χ0) is 30.7. The number of halogens is 3. The number of rotatable bonds is 11. The van der Waals surface area contributed by atoms with E-state index in [4.69, 9.17) is 15.2 Å². The molecule has 0 aliphatic heterocycles. The zero-order valence-electron chi connectivity index (χ0n) is 22.8.